The molecule has 0 spiro atoms. The van der Waals surface area contributed by atoms with Gasteiger partial charge in [-0.05, 0) is 12.1 Å². The van der Waals surface area contributed by atoms with Crippen LogP contribution in [-0.4, -0.2) is 12.0 Å². The number of rotatable bonds is 0. The SMILES string of the molecule is CC1=NN=NC1F. The lowest BCUT2D eigenvalue weighted by atomic mass is 10.4. The molecule has 1 unspecified atom stereocenters. The first-order valence-electron chi connectivity index (χ1n) is 1.89. The highest BCUT2D eigenvalue weighted by atomic mass is 19.1. The summed E-state index contributed by atoms with van der Waals surface area (Å²) in [5.74, 6) is 0. The van der Waals surface area contributed by atoms with Crippen molar-refractivity contribution < 1.29 is 4.39 Å². The Hall–Kier alpha value is -0.800. The van der Waals surface area contributed by atoms with Crippen molar-refractivity contribution in [2.45, 2.75) is 13.2 Å². The van der Waals surface area contributed by atoms with E-state index in [2.05, 4.69) is 15.4 Å². The number of alkyl halides is 1. The predicted octanol–water partition coefficient (Wildman–Crippen LogP) is 1.12. The summed E-state index contributed by atoms with van der Waals surface area (Å²) in [6.45, 7) is 1.55. The molecule has 0 amide bonds. The second kappa shape index (κ2) is 1.36. The molecule has 1 rings (SSSR count). The Labute approximate surface area is 39.9 Å². The predicted molar refractivity (Wildman–Crippen MR) is 22.9 cm³/mol. The molecule has 1 atom stereocenters. The molecule has 1 aliphatic heterocycles. The summed E-state index contributed by atoms with van der Waals surface area (Å²) in [4.78, 5) is 0. The zero-order chi connectivity index (χ0) is 5.28. The maximum Gasteiger partial charge on any atom is 0.251 e. The van der Waals surface area contributed by atoms with Crippen LogP contribution in [0.25, 0.3) is 0 Å². The van der Waals surface area contributed by atoms with Crippen molar-refractivity contribution in [3.63, 3.8) is 0 Å². The minimum atomic E-state index is -1.28. The van der Waals surface area contributed by atoms with Gasteiger partial charge in [-0.3, -0.25) is 0 Å². The van der Waals surface area contributed by atoms with Crippen LogP contribution in [0.5, 0.6) is 0 Å². The second-order valence-corrected chi connectivity index (χ2v) is 1.28. The molecule has 0 saturated carbocycles. The van der Waals surface area contributed by atoms with Crippen molar-refractivity contribution >= 4 is 5.71 Å². The van der Waals surface area contributed by atoms with E-state index in [0.717, 1.165) is 0 Å². The Kier molecular flexibility index (Phi) is 0.850. The van der Waals surface area contributed by atoms with Gasteiger partial charge in [0, 0.05) is 0 Å². The van der Waals surface area contributed by atoms with Crippen molar-refractivity contribution in [2.24, 2.45) is 15.4 Å². The Balaban J connectivity index is 2.69. The molecule has 0 aromatic heterocycles. The lowest BCUT2D eigenvalue weighted by Crippen LogP contribution is -2.02. The lowest BCUT2D eigenvalue weighted by molar-refractivity contribution is 0.433. The van der Waals surface area contributed by atoms with Crippen LogP contribution in [0, 0.1) is 0 Å². The molecule has 7 heavy (non-hydrogen) atoms. The normalized spacial score (nSPS) is 28.3. The standard InChI is InChI=1S/C3H4FN3/c1-2-3(4)6-7-5-2/h3H,1H3. The van der Waals surface area contributed by atoms with E-state index in [9.17, 15) is 4.39 Å². The number of hydrogen-bond acceptors (Lipinski definition) is 3. The van der Waals surface area contributed by atoms with Crippen molar-refractivity contribution in [3.05, 3.63) is 0 Å². The molecule has 0 N–H and O–H groups in total. The van der Waals surface area contributed by atoms with E-state index in [4.69, 9.17) is 0 Å². The van der Waals surface area contributed by atoms with Gasteiger partial charge in [0.1, 0.15) is 0 Å². The summed E-state index contributed by atoms with van der Waals surface area (Å²) >= 11 is 0. The maximum atomic E-state index is 11.9. The fraction of sp³-hybridized carbons (Fsp3) is 0.667. The van der Waals surface area contributed by atoms with Crippen molar-refractivity contribution in [1.29, 1.82) is 0 Å². The Morgan fingerprint density at radius 3 is 2.57 bits per heavy atom. The van der Waals surface area contributed by atoms with Gasteiger partial charge < -0.3 is 0 Å². The van der Waals surface area contributed by atoms with E-state index in [1.165, 1.54) is 0 Å². The molecule has 0 radical (unpaired) electrons. The molecule has 0 aromatic rings. The van der Waals surface area contributed by atoms with E-state index in [0.29, 0.717) is 5.71 Å². The minimum absolute atomic E-state index is 0.333. The summed E-state index contributed by atoms with van der Waals surface area (Å²) in [6, 6.07) is 0. The van der Waals surface area contributed by atoms with E-state index in [-0.39, 0.29) is 0 Å². The first-order valence-corrected chi connectivity index (χ1v) is 1.89. The number of hydrogen-bond donors (Lipinski definition) is 0. The van der Waals surface area contributed by atoms with Gasteiger partial charge in [-0.2, -0.15) is 0 Å². The van der Waals surface area contributed by atoms with Crippen LogP contribution in [0.15, 0.2) is 15.4 Å². The van der Waals surface area contributed by atoms with E-state index < -0.39 is 6.30 Å². The summed E-state index contributed by atoms with van der Waals surface area (Å²) in [7, 11) is 0. The quantitative estimate of drug-likeness (QED) is 0.410. The van der Waals surface area contributed by atoms with Crippen molar-refractivity contribution in [2.75, 3.05) is 0 Å². The third-order valence-electron chi connectivity index (χ3n) is 0.700. The van der Waals surface area contributed by atoms with Crippen LogP contribution in [0.2, 0.25) is 0 Å². The second-order valence-electron chi connectivity index (χ2n) is 1.28. The highest BCUT2D eigenvalue weighted by molar-refractivity contribution is 5.86. The zero-order valence-electron chi connectivity index (χ0n) is 3.80. The summed E-state index contributed by atoms with van der Waals surface area (Å²) in [5, 5.41) is 9.47. The van der Waals surface area contributed by atoms with Gasteiger partial charge in [-0.1, -0.05) is 0 Å². The van der Waals surface area contributed by atoms with Gasteiger partial charge in [-0.15, -0.1) is 10.2 Å². The van der Waals surface area contributed by atoms with E-state index >= 15 is 0 Å². The zero-order valence-corrected chi connectivity index (χ0v) is 3.80. The molecule has 4 heteroatoms. The first-order chi connectivity index (χ1) is 3.30. The minimum Gasteiger partial charge on any atom is -0.213 e. The molecule has 0 aromatic carbocycles. The van der Waals surface area contributed by atoms with Crippen LogP contribution >= 0.6 is 0 Å². The van der Waals surface area contributed by atoms with Crippen LogP contribution in [0.1, 0.15) is 6.92 Å². The van der Waals surface area contributed by atoms with Crippen molar-refractivity contribution in [3.8, 4) is 0 Å². The Morgan fingerprint density at radius 1 is 1.71 bits per heavy atom. The molecule has 0 bridgehead atoms. The third-order valence-corrected chi connectivity index (χ3v) is 0.700. The fourth-order valence-corrected chi connectivity index (χ4v) is 0.273. The largest absolute Gasteiger partial charge is 0.251 e. The maximum absolute atomic E-state index is 11.9. The molecule has 0 fully saturated rings. The first kappa shape index (κ1) is 4.36. The smallest absolute Gasteiger partial charge is 0.213 e. The van der Waals surface area contributed by atoms with Gasteiger partial charge in [0.05, 0.1) is 5.71 Å². The third kappa shape index (κ3) is 0.629. The van der Waals surface area contributed by atoms with Crippen LogP contribution in [0.4, 0.5) is 4.39 Å². The Bertz CT molecular complexity index is 128. The molecular formula is C3H4FN3. The van der Waals surface area contributed by atoms with Gasteiger partial charge in [0.15, 0.2) is 0 Å². The van der Waals surface area contributed by atoms with E-state index in [1.807, 2.05) is 0 Å². The molecule has 1 heterocycles. The van der Waals surface area contributed by atoms with Crippen molar-refractivity contribution in [1.82, 2.24) is 0 Å². The van der Waals surface area contributed by atoms with Crippen LogP contribution in [-0.2, 0) is 0 Å². The van der Waals surface area contributed by atoms with E-state index in [1.54, 1.807) is 6.92 Å². The molecule has 3 nitrogen and oxygen atoms in total. The summed E-state index contributed by atoms with van der Waals surface area (Å²) < 4.78 is 11.9. The molecule has 0 saturated heterocycles. The van der Waals surface area contributed by atoms with Gasteiger partial charge in [0.25, 0.3) is 6.30 Å². The number of nitrogens with zero attached hydrogens (tertiary/aromatic N) is 3. The van der Waals surface area contributed by atoms with Gasteiger partial charge in [-0.25, -0.2) is 4.39 Å². The summed E-state index contributed by atoms with van der Waals surface area (Å²) in [5.41, 5.74) is 0.333. The molecule has 1 aliphatic rings. The fourth-order valence-electron chi connectivity index (χ4n) is 0.273. The lowest BCUT2D eigenvalue weighted by Gasteiger charge is -1.85. The topological polar surface area (TPSA) is 37.1 Å². The molecular weight excluding hydrogens is 97.1 g/mol. The molecule has 38 valence electrons. The highest BCUT2D eigenvalue weighted by Gasteiger charge is 2.11. The monoisotopic (exact) mass is 101 g/mol. The number of halogens is 1. The van der Waals surface area contributed by atoms with Gasteiger partial charge in [0.2, 0.25) is 0 Å². The van der Waals surface area contributed by atoms with Crippen LogP contribution < -0.4 is 0 Å². The summed E-state index contributed by atoms with van der Waals surface area (Å²) in [6.07, 6.45) is -1.28. The van der Waals surface area contributed by atoms with Crippen LogP contribution in [0.3, 0.4) is 0 Å². The average molecular weight is 101 g/mol. The molecule has 0 aliphatic carbocycles. The highest BCUT2D eigenvalue weighted by Crippen LogP contribution is 2.04. The Morgan fingerprint density at radius 2 is 2.43 bits per heavy atom. The van der Waals surface area contributed by atoms with Gasteiger partial charge >= 0.3 is 0 Å². The average Bonchev–Trinajstić information content (AvgIpc) is 1.91.